The van der Waals surface area contributed by atoms with Crippen LogP contribution in [-0.2, 0) is 0 Å². The maximum atomic E-state index is 10.1. The molecule has 0 heterocycles. The molecule has 0 bridgehead atoms. The first kappa shape index (κ1) is 24.5. The minimum atomic E-state index is -0.319. The first-order valence-corrected chi connectivity index (χ1v) is 13.6. The van der Waals surface area contributed by atoms with E-state index in [4.69, 9.17) is 0 Å². The smallest absolute Gasteiger partial charge is 0.0787 e. The Morgan fingerprint density at radius 1 is 0.939 bits per heavy atom. The quantitative estimate of drug-likeness (QED) is 0.490. The largest absolute Gasteiger partial charge is 0.388 e. The van der Waals surface area contributed by atoms with Gasteiger partial charge in [-0.2, -0.15) is 0 Å². The molecule has 0 spiro atoms. The van der Waals surface area contributed by atoms with Crippen LogP contribution in [0.1, 0.15) is 91.4 Å². The van der Waals surface area contributed by atoms with Crippen molar-refractivity contribution in [2.75, 3.05) is 0 Å². The molecule has 1 aromatic carbocycles. The molecule has 0 saturated heterocycles. The lowest BCUT2D eigenvalue weighted by Gasteiger charge is -2.45. The molecule has 0 radical (unpaired) electrons. The van der Waals surface area contributed by atoms with Gasteiger partial charge in [0.2, 0.25) is 0 Å². The minimum Gasteiger partial charge on any atom is -0.388 e. The third-order valence-electron chi connectivity index (χ3n) is 9.55. The van der Waals surface area contributed by atoms with Crippen molar-refractivity contribution >= 4 is 0 Å². The number of benzene rings is 1. The van der Waals surface area contributed by atoms with Crippen LogP contribution >= 0.6 is 0 Å². The Labute approximate surface area is 203 Å². The third kappa shape index (κ3) is 5.73. The molecule has 0 aliphatic heterocycles. The van der Waals surface area contributed by atoms with Gasteiger partial charge in [0.1, 0.15) is 0 Å². The zero-order valence-electron chi connectivity index (χ0n) is 21.4. The van der Waals surface area contributed by atoms with Gasteiger partial charge in [-0.25, -0.2) is 0 Å². The van der Waals surface area contributed by atoms with Crippen LogP contribution in [0, 0.1) is 28.6 Å². The number of aliphatic hydroxyl groups excluding tert-OH is 1. The Balaban J connectivity index is 0.000000376. The van der Waals surface area contributed by atoms with E-state index in [0.29, 0.717) is 10.8 Å². The van der Waals surface area contributed by atoms with Crippen LogP contribution in [-0.4, -0.2) is 11.2 Å². The monoisotopic (exact) mass is 446 g/mol. The molecule has 180 valence electrons. The molecule has 1 aromatic rings. The van der Waals surface area contributed by atoms with Crippen LogP contribution in [0.5, 0.6) is 0 Å². The van der Waals surface area contributed by atoms with E-state index in [1.165, 1.54) is 56.9 Å². The molecule has 5 rings (SSSR count). The van der Waals surface area contributed by atoms with Gasteiger partial charge >= 0.3 is 0 Å². The van der Waals surface area contributed by atoms with Crippen molar-refractivity contribution in [3.8, 4) is 0 Å². The molecular formula is C32H46O. The van der Waals surface area contributed by atoms with E-state index in [0.717, 1.165) is 42.6 Å². The molecule has 4 unspecified atom stereocenters. The SMILES string of the molecule is C=C1/C(=C\C=C2/CCCC3(C)C2CCC3[C@H](C)CC2(C)CC2)CCCC1O.c1ccccc1. The van der Waals surface area contributed by atoms with E-state index in [2.05, 4.69) is 39.5 Å². The third-order valence-corrected chi connectivity index (χ3v) is 9.55. The highest BCUT2D eigenvalue weighted by molar-refractivity contribution is 5.37. The summed E-state index contributed by atoms with van der Waals surface area (Å²) in [5.74, 6) is 2.56. The lowest BCUT2D eigenvalue weighted by atomic mass is 9.60. The molecular weight excluding hydrogens is 400 g/mol. The van der Waals surface area contributed by atoms with Crippen molar-refractivity contribution in [2.24, 2.45) is 28.6 Å². The summed E-state index contributed by atoms with van der Waals surface area (Å²) in [5, 5.41) is 10.1. The Kier molecular flexibility index (Phi) is 7.69. The minimum absolute atomic E-state index is 0.319. The van der Waals surface area contributed by atoms with Crippen LogP contribution < -0.4 is 0 Å². The van der Waals surface area contributed by atoms with Gasteiger partial charge in [-0.15, -0.1) is 0 Å². The fraction of sp³-hybridized carbons (Fsp3) is 0.625. The second kappa shape index (κ2) is 10.3. The number of allylic oxidation sites excluding steroid dienone is 3. The molecule has 4 fully saturated rings. The van der Waals surface area contributed by atoms with Crippen molar-refractivity contribution in [1.82, 2.24) is 0 Å². The van der Waals surface area contributed by atoms with Crippen molar-refractivity contribution < 1.29 is 5.11 Å². The molecule has 4 aliphatic rings. The first-order valence-electron chi connectivity index (χ1n) is 13.6. The number of hydrogen-bond acceptors (Lipinski definition) is 1. The fourth-order valence-electron chi connectivity index (χ4n) is 7.37. The summed E-state index contributed by atoms with van der Waals surface area (Å²) in [4.78, 5) is 0. The number of rotatable bonds is 4. The molecule has 0 amide bonds. The van der Waals surface area contributed by atoms with Gasteiger partial charge in [0, 0.05) is 0 Å². The number of fused-ring (bicyclic) bond motifs is 1. The maximum Gasteiger partial charge on any atom is 0.0787 e. The molecule has 1 nitrogen and oxygen atoms in total. The van der Waals surface area contributed by atoms with E-state index in [1.807, 2.05) is 36.4 Å². The molecule has 1 heteroatoms. The number of aliphatic hydroxyl groups is 1. The zero-order chi connectivity index (χ0) is 23.5. The Morgan fingerprint density at radius 2 is 1.61 bits per heavy atom. The summed E-state index contributed by atoms with van der Waals surface area (Å²) in [6, 6.07) is 12.0. The lowest BCUT2D eigenvalue weighted by Crippen LogP contribution is -2.36. The number of hydrogen-bond donors (Lipinski definition) is 1. The predicted molar refractivity (Wildman–Crippen MR) is 141 cm³/mol. The summed E-state index contributed by atoms with van der Waals surface area (Å²) in [5.41, 5.74) is 5.13. The highest BCUT2D eigenvalue weighted by Crippen LogP contribution is 2.62. The predicted octanol–water partition coefficient (Wildman–Crippen LogP) is 8.67. The van der Waals surface area contributed by atoms with Crippen molar-refractivity contribution in [3.63, 3.8) is 0 Å². The molecule has 1 N–H and O–H groups in total. The van der Waals surface area contributed by atoms with Crippen molar-refractivity contribution in [3.05, 3.63) is 71.8 Å². The molecule has 4 aliphatic carbocycles. The second-order valence-corrected chi connectivity index (χ2v) is 12.1. The van der Waals surface area contributed by atoms with E-state index in [1.54, 1.807) is 5.57 Å². The summed E-state index contributed by atoms with van der Waals surface area (Å²) in [7, 11) is 0. The molecule has 0 aromatic heterocycles. The van der Waals surface area contributed by atoms with Gasteiger partial charge in [-0.1, -0.05) is 81.5 Å². The van der Waals surface area contributed by atoms with E-state index in [-0.39, 0.29) is 6.10 Å². The lowest BCUT2D eigenvalue weighted by molar-refractivity contribution is 0.0864. The van der Waals surface area contributed by atoms with Gasteiger partial charge in [-0.3, -0.25) is 0 Å². The maximum absolute atomic E-state index is 10.1. The fourth-order valence-corrected chi connectivity index (χ4v) is 7.37. The van der Waals surface area contributed by atoms with Crippen molar-refractivity contribution in [1.29, 1.82) is 0 Å². The van der Waals surface area contributed by atoms with E-state index >= 15 is 0 Å². The van der Waals surface area contributed by atoms with Crippen LogP contribution in [0.3, 0.4) is 0 Å². The van der Waals surface area contributed by atoms with Crippen LogP contribution in [0.15, 0.2) is 71.8 Å². The zero-order valence-corrected chi connectivity index (χ0v) is 21.4. The Hall–Kier alpha value is -1.60. The van der Waals surface area contributed by atoms with E-state index < -0.39 is 0 Å². The topological polar surface area (TPSA) is 20.2 Å². The molecule has 33 heavy (non-hydrogen) atoms. The van der Waals surface area contributed by atoms with E-state index in [9.17, 15) is 5.11 Å². The van der Waals surface area contributed by atoms with Gasteiger partial charge in [0.15, 0.2) is 0 Å². The summed E-state index contributed by atoms with van der Waals surface area (Å²) < 4.78 is 0. The first-order chi connectivity index (χ1) is 15.8. The summed E-state index contributed by atoms with van der Waals surface area (Å²) in [6.45, 7) is 11.8. The van der Waals surface area contributed by atoms with Crippen LogP contribution in [0.25, 0.3) is 0 Å². The average molecular weight is 447 g/mol. The average Bonchev–Trinajstić information content (AvgIpc) is 3.42. The van der Waals surface area contributed by atoms with Gasteiger partial charge < -0.3 is 5.11 Å². The van der Waals surface area contributed by atoms with Crippen LogP contribution in [0.2, 0.25) is 0 Å². The van der Waals surface area contributed by atoms with Crippen molar-refractivity contribution in [2.45, 2.75) is 97.5 Å². The van der Waals surface area contributed by atoms with Gasteiger partial charge in [0.25, 0.3) is 0 Å². The second-order valence-electron chi connectivity index (χ2n) is 12.1. The molecule has 4 saturated carbocycles. The summed E-state index contributed by atoms with van der Waals surface area (Å²) in [6.07, 6.45) is 18.7. The van der Waals surface area contributed by atoms with Gasteiger partial charge in [-0.05, 0) is 110 Å². The Bertz CT molecular complexity index is 831. The highest BCUT2D eigenvalue weighted by atomic mass is 16.3. The van der Waals surface area contributed by atoms with Crippen LogP contribution in [0.4, 0.5) is 0 Å². The highest BCUT2D eigenvalue weighted by Gasteiger charge is 2.52. The standard InChI is InChI=1S/C26H40O.C6H6/c1-18(17-25(3)15-16-25)22-12-13-23-21(8-6-14-26(22,23)4)11-10-20-7-5-9-24(27)19(20)2;1-2-4-6-5-3-1/h10-11,18,22-24,27H,2,5-9,12-17H2,1,3-4H3;1-6H/b20-10-,21-11+;/t18-,22?,23?,24?,26?;/m1./s1. The summed E-state index contributed by atoms with van der Waals surface area (Å²) >= 11 is 0. The normalized spacial score (nSPS) is 36.1. The Morgan fingerprint density at radius 3 is 2.24 bits per heavy atom. The molecule has 5 atom stereocenters. The van der Waals surface area contributed by atoms with Gasteiger partial charge in [0.05, 0.1) is 6.10 Å².